The molecule has 0 saturated carbocycles. The maximum absolute atomic E-state index is 5.08. The van der Waals surface area contributed by atoms with E-state index < -0.39 is 0 Å². The molecule has 0 spiro atoms. The molecule has 0 aliphatic rings. The Morgan fingerprint density at radius 2 is 2.31 bits per heavy atom. The van der Waals surface area contributed by atoms with Gasteiger partial charge in [-0.3, -0.25) is 0 Å². The molecule has 2 heterocycles. The molecule has 3 nitrogen and oxygen atoms in total. The van der Waals surface area contributed by atoms with Crippen molar-refractivity contribution in [2.24, 2.45) is 7.05 Å². The first-order valence-corrected chi connectivity index (χ1v) is 6.12. The van der Waals surface area contributed by atoms with Crippen LogP contribution in [0.2, 0.25) is 0 Å². The van der Waals surface area contributed by atoms with Crippen molar-refractivity contribution in [1.82, 2.24) is 14.5 Å². The van der Waals surface area contributed by atoms with Crippen LogP contribution >= 0.6 is 23.6 Å². The third-order valence-corrected chi connectivity index (χ3v) is 3.62. The van der Waals surface area contributed by atoms with Crippen LogP contribution in [0.15, 0.2) is 29.9 Å². The largest absolute Gasteiger partial charge is 0.337 e. The van der Waals surface area contributed by atoms with Crippen LogP contribution in [-0.4, -0.2) is 14.5 Å². The van der Waals surface area contributed by atoms with Crippen LogP contribution in [0.4, 0.5) is 0 Å². The molecular formula is C11H9N3S2. The lowest BCUT2D eigenvalue weighted by molar-refractivity contribution is 0.948. The van der Waals surface area contributed by atoms with Crippen LogP contribution in [-0.2, 0) is 7.05 Å². The second-order valence-electron chi connectivity index (χ2n) is 3.62. The van der Waals surface area contributed by atoms with E-state index >= 15 is 0 Å². The molecule has 0 fully saturated rings. The third-order valence-electron chi connectivity index (χ3n) is 2.56. The van der Waals surface area contributed by atoms with Gasteiger partial charge in [0, 0.05) is 18.0 Å². The van der Waals surface area contributed by atoms with Gasteiger partial charge in [0.25, 0.3) is 0 Å². The zero-order valence-corrected chi connectivity index (χ0v) is 10.2. The number of benzene rings is 1. The number of hydrogen-bond acceptors (Lipinski definition) is 3. The molecule has 0 unspecified atom stereocenters. The Kier molecular flexibility index (Phi) is 2.15. The van der Waals surface area contributed by atoms with Crippen molar-refractivity contribution in [2.75, 3.05) is 0 Å². The van der Waals surface area contributed by atoms with Crippen molar-refractivity contribution in [2.45, 2.75) is 0 Å². The summed E-state index contributed by atoms with van der Waals surface area (Å²) in [5.41, 5.74) is 4.32. The van der Waals surface area contributed by atoms with Crippen LogP contribution in [0, 0.1) is 3.95 Å². The number of H-pyrrole nitrogens is 1. The highest BCUT2D eigenvalue weighted by atomic mass is 32.1. The number of nitrogens with one attached hydrogen (secondary N) is 1. The third kappa shape index (κ3) is 1.48. The summed E-state index contributed by atoms with van der Waals surface area (Å²) in [6.07, 6.45) is 1.82. The van der Waals surface area contributed by atoms with E-state index in [2.05, 4.69) is 28.2 Å². The zero-order chi connectivity index (χ0) is 11.1. The number of aryl methyl sites for hydroxylation is 1. The predicted molar refractivity (Wildman–Crippen MR) is 69.2 cm³/mol. The minimum atomic E-state index is 0.802. The normalized spacial score (nSPS) is 11.1. The minimum Gasteiger partial charge on any atom is -0.337 e. The average Bonchev–Trinajstić information content (AvgIpc) is 2.86. The molecule has 3 aromatic rings. The van der Waals surface area contributed by atoms with Gasteiger partial charge in [-0.2, -0.15) is 0 Å². The molecule has 0 aliphatic carbocycles. The van der Waals surface area contributed by atoms with E-state index in [9.17, 15) is 0 Å². The van der Waals surface area contributed by atoms with Crippen LogP contribution in [0.5, 0.6) is 0 Å². The van der Waals surface area contributed by atoms with Gasteiger partial charge in [0.15, 0.2) is 3.95 Å². The van der Waals surface area contributed by atoms with Gasteiger partial charge < -0.3 is 9.55 Å². The van der Waals surface area contributed by atoms with Gasteiger partial charge in [0.05, 0.1) is 23.1 Å². The molecule has 0 atom stereocenters. The molecule has 0 aliphatic heterocycles. The number of aromatic amines is 1. The Labute approximate surface area is 101 Å². The second-order valence-corrected chi connectivity index (χ2v) is 5.17. The lowest BCUT2D eigenvalue weighted by atomic mass is 10.1. The smallest absolute Gasteiger partial charge is 0.158 e. The van der Waals surface area contributed by atoms with Crippen molar-refractivity contribution in [3.05, 3.63) is 33.9 Å². The molecule has 0 radical (unpaired) electrons. The minimum absolute atomic E-state index is 0.802. The molecule has 1 aromatic carbocycles. The van der Waals surface area contributed by atoms with Gasteiger partial charge in [-0.25, -0.2) is 4.98 Å². The van der Waals surface area contributed by atoms with Gasteiger partial charge in [-0.1, -0.05) is 6.07 Å². The van der Waals surface area contributed by atoms with Gasteiger partial charge in [-0.15, -0.1) is 11.3 Å². The summed E-state index contributed by atoms with van der Waals surface area (Å²) in [5, 5.41) is 2.03. The highest BCUT2D eigenvalue weighted by molar-refractivity contribution is 7.73. The van der Waals surface area contributed by atoms with Gasteiger partial charge in [-0.05, 0) is 24.4 Å². The van der Waals surface area contributed by atoms with E-state index in [1.54, 1.807) is 11.3 Å². The standard InChI is InChI=1S/C11H9N3S2/c1-14-6-12-8-4-7(2-3-10(8)14)9-5-16-11(15)13-9/h2-6H,1H3,(H,13,15). The highest BCUT2D eigenvalue weighted by Gasteiger charge is 2.03. The Hall–Kier alpha value is -1.46. The maximum atomic E-state index is 5.08. The Bertz CT molecular complexity index is 705. The quantitative estimate of drug-likeness (QED) is 0.669. The fourth-order valence-electron chi connectivity index (χ4n) is 1.73. The van der Waals surface area contributed by atoms with Crippen molar-refractivity contribution in [3.8, 4) is 11.3 Å². The molecular weight excluding hydrogens is 238 g/mol. The number of aromatic nitrogens is 3. The predicted octanol–water partition coefficient (Wildman–Crippen LogP) is 3.36. The SMILES string of the molecule is Cn1cnc2cc(-c3csc(=S)[nH]3)ccc21. The summed E-state index contributed by atoms with van der Waals surface area (Å²) in [7, 11) is 1.99. The Morgan fingerprint density at radius 1 is 1.44 bits per heavy atom. The Morgan fingerprint density at radius 3 is 3.06 bits per heavy atom. The first-order valence-electron chi connectivity index (χ1n) is 4.83. The summed E-state index contributed by atoms with van der Waals surface area (Å²) in [5.74, 6) is 0. The molecule has 0 bridgehead atoms. The molecule has 16 heavy (non-hydrogen) atoms. The molecule has 80 valence electrons. The lowest BCUT2D eigenvalue weighted by Crippen LogP contribution is -1.83. The van der Waals surface area contributed by atoms with E-state index in [0.717, 1.165) is 26.2 Å². The van der Waals surface area contributed by atoms with Crippen LogP contribution < -0.4 is 0 Å². The van der Waals surface area contributed by atoms with Gasteiger partial charge in [0.1, 0.15) is 0 Å². The first-order chi connectivity index (χ1) is 7.74. The van der Waals surface area contributed by atoms with E-state index in [0.29, 0.717) is 0 Å². The summed E-state index contributed by atoms with van der Waals surface area (Å²) < 4.78 is 2.81. The molecule has 1 N–H and O–H groups in total. The molecule has 0 amide bonds. The molecule has 0 saturated heterocycles. The van der Waals surface area contributed by atoms with Crippen molar-refractivity contribution in [3.63, 3.8) is 0 Å². The lowest BCUT2D eigenvalue weighted by Gasteiger charge is -1.98. The molecule has 5 heteroatoms. The molecule has 2 aromatic heterocycles. The van der Waals surface area contributed by atoms with E-state index in [-0.39, 0.29) is 0 Å². The maximum Gasteiger partial charge on any atom is 0.158 e. The van der Waals surface area contributed by atoms with E-state index in [1.165, 1.54) is 0 Å². The number of thiazole rings is 1. The average molecular weight is 247 g/mol. The van der Waals surface area contributed by atoms with Crippen LogP contribution in [0.1, 0.15) is 0 Å². The summed E-state index contributed by atoms with van der Waals surface area (Å²) in [4.78, 5) is 7.50. The number of hydrogen-bond donors (Lipinski definition) is 1. The van der Waals surface area contributed by atoms with E-state index in [4.69, 9.17) is 12.2 Å². The molecule has 3 rings (SSSR count). The van der Waals surface area contributed by atoms with Crippen molar-refractivity contribution >= 4 is 34.6 Å². The summed E-state index contributed by atoms with van der Waals surface area (Å²) in [6.45, 7) is 0. The first kappa shape index (κ1) is 9.74. The fourth-order valence-corrected chi connectivity index (χ4v) is 2.57. The number of nitrogens with zero attached hydrogens (tertiary/aromatic N) is 2. The zero-order valence-electron chi connectivity index (χ0n) is 8.60. The number of fused-ring (bicyclic) bond motifs is 1. The van der Waals surface area contributed by atoms with Gasteiger partial charge >= 0.3 is 0 Å². The van der Waals surface area contributed by atoms with Crippen LogP contribution in [0.25, 0.3) is 22.3 Å². The van der Waals surface area contributed by atoms with Crippen LogP contribution in [0.3, 0.4) is 0 Å². The van der Waals surface area contributed by atoms with Crippen molar-refractivity contribution in [1.29, 1.82) is 0 Å². The van der Waals surface area contributed by atoms with E-state index in [1.807, 2.05) is 23.3 Å². The summed E-state index contributed by atoms with van der Waals surface area (Å²) in [6, 6.07) is 6.23. The second kappa shape index (κ2) is 3.54. The number of rotatable bonds is 1. The Balaban J connectivity index is 2.22. The van der Waals surface area contributed by atoms with Crippen molar-refractivity contribution < 1.29 is 0 Å². The summed E-state index contributed by atoms with van der Waals surface area (Å²) >= 11 is 6.62. The number of imidazole rings is 1. The fraction of sp³-hybridized carbons (Fsp3) is 0.0909. The monoisotopic (exact) mass is 247 g/mol. The van der Waals surface area contributed by atoms with Gasteiger partial charge in [0.2, 0.25) is 0 Å². The highest BCUT2D eigenvalue weighted by Crippen LogP contribution is 2.23. The topological polar surface area (TPSA) is 33.6 Å².